The Morgan fingerprint density at radius 2 is 2.11 bits per heavy atom. The summed E-state index contributed by atoms with van der Waals surface area (Å²) in [6.07, 6.45) is 8.17. The van der Waals surface area contributed by atoms with Crippen molar-refractivity contribution in [2.24, 2.45) is 0 Å². The number of rotatable bonds is 4. The Balaban J connectivity index is 1.58. The lowest BCUT2D eigenvalue weighted by atomic mass is 9.97. The molecule has 2 saturated heterocycles. The molecule has 0 spiro atoms. The highest BCUT2D eigenvalue weighted by molar-refractivity contribution is 5.01. The van der Waals surface area contributed by atoms with Crippen LogP contribution in [0.5, 0.6) is 0 Å². The molecule has 3 heteroatoms. The van der Waals surface area contributed by atoms with Gasteiger partial charge in [-0.3, -0.25) is 0 Å². The number of likely N-dealkylation sites (N-methyl/N-ethyl adjacent to an activating group) is 1. The fraction of sp³-hybridized carbons (Fsp3) is 0.733. The second-order valence-electron chi connectivity index (χ2n) is 6.06. The van der Waals surface area contributed by atoms with E-state index in [2.05, 4.69) is 30.3 Å². The van der Waals surface area contributed by atoms with Gasteiger partial charge in [0, 0.05) is 30.6 Å². The van der Waals surface area contributed by atoms with E-state index < -0.39 is 0 Å². The first-order valence-corrected chi connectivity index (χ1v) is 7.22. The number of furan rings is 1. The largest absolute Gasteiger partial charge is 0.469 e. The van der Waals surface area contributed by atoms with Crippen molar-refractivity contribution in [3.63, 3.8) is 0 Å². The summed E-state index contributed by atoms with van der Waals surface area (Å²) in [4.78, 5) is 2.56. The minimum Gasteiger partial charge on any atom is -0.469 e. The molecule has 0 aromatic carbocycles. The van der Waals surface area contributed by atoms with Crippen LogP contribution in [0.1, 0.15) is 38.4 Å². The maximum atomic E-state index is 5.46. The highest BCUT2D eigenvalue weighted by Gasteiger charge is 2.36. The Labute approximate surface area is 110 Å². The van der Waals surface area contributed by atoms with Crippen molar-refractivity contribution in [1.82, 2.24) is 10.2 Å². The van der Waals surface area contributed by atoms with Gasteiger partial charge in [-0.15, -0.1) is 0 Å². The van der Waals surface area contributed by atoms with Crippen LogP contribution < -0.4 is 5.32 Å². The van der Waals surface area contributed by atoms with Gasteiger partial charge >= 0.3 is 0 Å². The van der Waals surface area contributed by atoms with Crippen LogP contribution in [0, 0.1) is 0 Å². The number of fused-ring (bicyclic) bond motifs is 2. The van der Waals surface area contributed by atoms with Gasteiger partial charge in [0.05, 0.1) is 6.26 Å². The first-order chi connectivity index (χ1) is 8.72. The predicted octanol–water partition coefficient (Wildman–Crippen LogP) is 2.43. The molecule has 1 N–H and O–H groups in total. The summed E-state index contributed by atoms with van der Waals surface area (Å²) in [5.74, 6) is 1.10. The third-order valence-corrected chi connectivity index (χ3v) is 4.80. The smallest absolute Gasteiger partial charge is 0.105 e. The number of nitrogens with one attached hydrogen (secondary N) is 1. The van der Waals surface area contributed by atoms with Crippen molar-refractivity contribution >= 4 is 0 Å². The number of nitrogens with zero attached hydrogens (tertiary/aromatic N) is 1. The van der Waals surface area contributed by atoms with Crippen LogP contribution in [0.3, 0.4) is 0 Å². The molecule has 0 saturated carbocycles. The predicted molar refractivity (Wildman–Crippen MR) is 72.6 cm³/mol. The SMILES string of the molecule is CC(Cc1ccco1)N(C)C1CC2CCC(C1)N2. The van der Waals surface area contributed by atoms with E-state index in [1.54, 1.807) is 6.26 Å². The van der Waals surface area contributed by atoms with Gasteiger partial charge in [-0.2, -0.15) is 0 Å². The minimum atomic E-state index is 0.554. The zero-order chi connectivity index (χ0) is 12.5. The van der Waals surface area contributed by atoms with Gasteiger partial charge in [-0.05, 0) is 51.8 Å². The molecule has 3 heterocycles. The van der Waals surface area contributed by atoms with Crippen LogP contribution in [0.15, 0.2) is 22.8 Å². The fourth-order valence-corrected chi connectivity index (χ4v) is 3.58. The molecule has 2 bridgehead atoms. The summed E-state index contributed by atoms with van der Waals surface area (Å²) in [6.45, 7) is 2.31. The van der Waals surface area contributed by atoms with Crippen LogP contribution in [-0.4, -0.2) is 36.1 Å². The van der Waals surface area contributed by atoms with Gasteiger partial charge in [0.25, 0.3) is 0 Å². The highest BCUT2D eigenvalue weighted by Crippen LogP contribution is 2.30. The third-order valence-electron chi connectivity index (χ3n) is 4.80. The van der Waals surface area contributed by atoms with Gasteiger partial charge in [0.2, 0.25) is 0 Å². The topological polar surface area (TPSA) is 28.4 Å². The summed E-state index contributed by atoms with van der Waals surface area (Å²) >= 11 is 0. The van der Waals surface area contributed by atoms with Crippen molar-refractivity contribution in [2.45, 2.75) is 63.2 Å². The Hall–Kier alpha value is -0.800. The van der Waals surface area contributed by atoms with E-state index in [1.165, 1.54) is 25.7 Å². The molecule has 0 radical (unpaired) electrons. The lowest BCUT2D eigenvalue weighted by Crippen LogP contribution is -2.49. The Morgan fingerprint density at radius 3 is 2.72 bits per heavy atom. The van der Waals surface area contributed by atoms with Crippen LogP contribution in [-0.2, 0) is 6.42 Å². The Bertz CT molecular complexity index is 364. The van der Waals surface area contributed by atoms with Crippen LogP contribution in [0.2, 0.25) is 0 Å². The standard InChI is InChI=1S/C15H24N2O/c1-11(8-15-4-3-7-18-15)17(2)14-9-12-5-6-13(10-14)16-12/h3-4,7,11-14,16H,5-6,8-10H2,1-2H3. The minimum absolute atomic E-state index is 0.554. The monoisotopic (exact) mass is 248 g/mol. The van der Waals surface area contributed by atoms with E-state index in [-0.39, 0.29) is 0 Å². The third kappa shape index (κ3) is 2.47. The summed E-state index contributed by atoms with van der Waals surface area (Å²) < 4.78 is 5.46. The van der Waals surface area contributed by atoms with Crippen LogP contribution >= 0.6 is 0 Å². The van der Waals surface area contributed by atoms with E-state index in [0.29, 0.717) is 6.04 Å². The maximum Gasteiger partial charge on any atom is 0.105 e. The Kier molecular flexibility index (Phi) is 3.44. The van der Waals surface area contributed by atoms with Crippen LogP contribution in [0.4, 0.5) is 0 Å². The molecule has 18 heavy (non-hydrogen) atoms. The van der Waals surface area contributed by atoms with E-state index in [1.807, 2.05) is 6.07 Å². The fourth-order valence-electron chi connectivity index (χ4n) is 3.58. The average Bonchev–Trinajstić information content (AvgIpc) is 2.98. The molecule has 3 rings (SSSR count). The zero-order valence-corrected chi connectivity index (χ0v) is 11.4. The van der Waals surface area contributed by atoms with Gasteiger partial charge in [-0.1, -0.05) is 0 Å². The van der Waals surface area contributed by atoms with E-state index in [4.69, 9.17) is 4.42 Å². The number of hydrogen-bond donors (Lipinski definition) is 1. The number of hydrogen-bond acceptors (Lipinski definition) is 3. The summed E-state index contributed by atoms with van der Waals surface area (Å²) in [5.41, 5.74) is 0. The van der Waals surface area contributed by atoms with Crippen molar-refractivity contribution in [3.05, 3.63) is 24.2 Å². The molecule has 1 aromatic rings. The molecule has 3 atom stereocenters. The molecule has 100 valence electrons. The van der Waals surface area contributed by atoms with E-state index in [9.17, 15) is 0 Å². The number of piperidine rings is 1. The van der Waals surface area contributed by atoms with Gasteiger partial charge in [0.15, 0.2) is 0 Å². The van der Waals surface area contributed by atoms with Crippen LogP contribution in [0.25, 0.3) is 0 Å². The maximum absolute atomic E-state index is 5.46. The lowest BCUT2D eigenvalue weighted by Gasteiger charge is -2.38. The summed E-state index contributed by atoms with van der Waals surface area (Å²) in [6, 6.07) is 6.90. The van der Waals surface area contributed by atoms with E-state index in [0.717, 1.165) is 30.3 Å². The molecule has 2 aliphatic heterocycles. The molecule has 2 aliphatic rings. The van der Waals surface area contributed by atoms with Gasteiger partial charge in [-0.25, -0.2) is 0 Å². The molecule has 0 amide bonds. The summed E-state index contributed by atoms with van der Waals surface area (Å²) in [5, 5.41) is 3.71. The highest BCUT2D eigenvalue weighted by atomic mass is 16.3. The van der Waals surface area contributed by atoms with E-state index >= 15 is 0 Å². The average molecular weight is 248 g/mol. The molecule has 3 unspecified atom stereocenters. The normalized spacial score (nSPS) is 32.9. The lowest BCUT2D eigenvalue weighted by molar-refractivity contribution is 0.129. The van der Waals surface area contributed by atoms with Gasteiger partial charge in [0.1, 0.15) is 5.76 Å². The molecule has 2 fully saturated rings. The second-order valence-corrected chi connectivity index (χ2v) is 6.06. The molecule has 3 nitrogen and oxygen atoms in total. The second kappa shape index (κ2) is 5.06. The van der Waals surface area contributed by atoms with Gasteiger partial charge < -0.3 is 14.6 Å². The Morgan fingerprint density at radius 1 is 1.39 bits per heavy atom. The van der Waals surface area contributed by atoms with Crippen molar-refractivity contribution in [2.75, 3.05) is 7.05 Å². The summed E-state index contributed by atoms with van der Waals surface area (Å²) in [7, 11) is 2.28. The molecular weight excluding hydrogens is 224 g/mol. The molecular formula is C15H24N2O. The first-order valence-electron chi connectivity index (χ1n) is 7.22. The van der Waals surface area contributed by atoms with Crippen molar-refractivity contribution in [3.8, 4) is 0 Å². The zero-order valence-electron chi connectivity index (χ0n) is 11.4. The quantitative estimate of drug-likeness (QED) is 0.887. The van der Waals surface area contributed by atoms with Crippen molar-refractivity contribution < 1.29 is 4.42 Å². The first kappa shape index (κ1) is 12.2. The molecule has 0 aliphatic carbocycles. The molecule has 1 aromatic heterocycles. The van der Waals surface area contributed by atoms with Crippen molar-refractivity contribution in [1.29, 1.82) is 0 Å².